The molecule has 0 radical (unpaired) electrons. The highest BCUT2D eigenvalue weighted by Gasteiger charge is 2.15. The Hall–Kier alpha value is -1.88. The van der Waals surface area contributed by atoms with Crippen molar-refractivity contribution in [1.82, 2.24) is 0 Å². The van der Waals surface area contributed by atoms with Crippen molar-refractivity contribution in [2.75, 3.05) is 5.32 Å². The van der Waals surface area contributed by atoms with E-state index in [1.807, 2.05) is 30.3 Å². The number of anilines is 1. The number of hydrogen-bond acceptors (Lipinski definition) is 3. The second-order valence-electron chi connectivity index (χ2n) is 4.65. The third-order valence-corrected chi connectivity index (χ3v) is 3.81. The maximum atomic E-state index is 10.9. The van der Waals surface area contributed by atoms with Crippen LogP contribution in [-0.2, 0) is 0 Å². The molecule has 0 aromatic heterocycles. The van der Waals surface area contributed by atoms with E-state index in [2.05, 4.69) is 28.2 Å². The maximum absolute atomic E-state index is 10.9. The lowest BCUT2D eigenvalue weighted by Crippen LogP contribution is -2.07. The molecule has 2 rings (SSSR count). The van der Waals surface area contributed by atoms with Crippen LogP contribution < -0.4 is 5.32 Å². The number of hydrogen-bond donors (Lipinski definition) is 1. The third-order valence-electron chi connectivity index (χ3n) is 3.15. The van der Waals surface area contributed by atoms with Crippen LogP contribution in [0, 0.1) is 17.0 Å². The molecule has 104 valence electrons. The van der Waals surface area contributed by atoms with Crippen LogP contribution in [0.5, 0.6) is 0 Å². The third kappa shape index (κ3) is 3.17. The molecule has 5 heteroatoms. The lowest BCUT2D eigenvalue weighted by Gasteiger charge is -2.17. The summed E-state index contributed by atoms with van der Waals surface area (Å²) >= 11 is 3.38. The van der Waals surface area contributed by atoms with Crippen LogP contribution in [-0.4, -0.2) is 4.92 Å². The monoisotopic (exact) mass is 334 g/mol. The smallest absolute Gasteiger partial charge is 0.273 e. The largest absolute Gasteiger partial charge is 0.378 e. The summed E-state index contributed by atoms with van der Waals surface area (Å²) in [5.41, 5.74) is 2.77. The summed E-state index contributed by atoms with van der Waals surface area (Å²) in [7, 11) is 0. The predicted molar refractivity (Wildman–Crippen MR) is 84.0 cm³/mol. The summed E-state index contributed by atoms with van der Waals surface area (Å²) in [6, 6.07) is 13.5. The number of rotatable bonds is 4. The highest BCUT2D eigenvalue weighted by atomic mass is 79.9. The standard InChI is InChI=1S/C15H15BrN2O2/c1-10-8-14(13(16)9-15(10)18(19)20)17-11(2)12-6-4-3-5-7-12/h3-9,11,17H,1-2H3. The number of benzene rings is 2. The molecule has 0 spiro atoms. The summed E-state index contributed by atoms with van der Waals surface area (Å²) in [6.07, 6.45) is 0. The van der Waals surface area contributed by atoms with Crippen molar-refractivity contribution >= 4 is 27.3 Å². The molecule has 0 saturated carbocycles. The molecule has 0 aliphatic carbocycles. The predicted octanol–water partition coefficient (Wildman–Crippen LogP) is 4.84. The summed E-state index contributed by atoms with van der Waals surface area (Å²) in [5.74, 6) is 0. The van der Waals surface area contributed by atoms with E-state index < -0.39 is 0 Å². The minimum atomic E-state index is -0.371. The molecule has 0 bridgehead atoms. The SMILES string of the molecule is Cc1cc(NC(C)c2ccccc2)c(Br)cc1[N+](=O)[O-]. The molecule has 2 aromatic carbocycles. The van der Waals surface area contributed by atoms with Crippen molar-refractivity contribution in [2.45, 2.75) is 19.9 Å². The van der Waals surface area contributed by atoms with Gasteiger partial charge in [0, 0.05) is 27.8 Å². The van der Waals surface area contributed by atoms with E-state index in [0.29, 0.717) is 10.0 Å². The number of nitrogens with zero attached hydrogens (tertiary/aromatic N) is 1. The zero-order chi connectivity index (χ0) is 14.7. The first kappa shape index (κ1) is 14.5. The first-order valence-electron chi connectivity index (χ1n) is 6.25. The molecular formula is C15H15BrN2O2. The fourth-order valence-corrected chi connectivity index (χ4v) is 2.48. The molecule has 0 aliphatic heterocycles. The van der Waals surface area contributed by atoms with Gasteiger partial charge < -0.3 is 5.32 Å². The van der Waals surface area contributed by atoms with Crippen LogP contribution in [0.4, 0.5) is 11.4 Å². The Bertz CT molecular complexity index is 629. The van der Waals surface area contributed by atoms with Gasteiger partial charge in [0.15, 0.2) is 0 Å². The van der Waals surface area contributed by atoms with Crippen molar-refractivity contribution < 1.29 is 4.92 Å². The fourth-order valence-electron chi connectivity index (χ4n) is 2.04. The summed E-state index contributed by atoms with van der Waals surface area (Å²) in [5, 5.41) is 14.3. The molecule has 20 heavy (non-hydrogen) atoms. The number of nitro groups is 1. The van der Waals surface area contributed by atoms with Gasteiger partial charge in [0.1, 0.15) is 0 Å². The summed E-state index contributed by atoms with van der Waals surface area (Å²) < 4.78 is 0.692. The highest BCUT2D eigenvalue weighted by Crippen LogP contribution is 2.32. The molecule has 0 fully saturated rings. The molecule has 1 N–H and O–H groups in total. The average molecular weight is 335 g/mol. The Kier molecular flexibility index (Phi) is 4.39. The molecule has 1 unspecified atom stereocenters. The summed E-state index contributed by atoms with van der Waals surface area (Å²) in [4.78, 5) is 10.5. The van der Waals surface area contributed by atoms with Crippen LogP contribution in [0.3, 0.4) is 0 Å². The minimum absolute atomic E-state index is 0.119. The Morgan fingerprint density at radius 3 is 2.50 bits per heavy atom. The van der Waals surface area contributed by atoms with Gasteiger partial charge in [-0.3, -0.25) is 10.1 Å². The Labute approximate surface area is 126 Å². The van der Waals surface area contributed by atoms with Crippen molar-refractivity contribution in [3.63, 3.8) is 0 Å². The highest BCUT2D eigenvalue weighted by molar-refractivity contribution is 9.10. The van der Waals surface area contributed by atoms with Crippen LogP contribution in [0.15, 0.2) is 46.9 Å². The molecule has 0 aliphatic rings. The first-order chi connectivity index (χ1) is 9.49. The Balaban J connectivity index is 2.26. The fraction of sp³-hybridized carbons (Fsp3) is 0.200. The molecule has 2 aromatic rings. The second kappa shape index (κ2) is 6.05. The first-order valence-corrected chi connectivity index (χ1v) is 7.04. The van der Waals surface area contributed by atoms with Gasteiger partial charge in [-0.25, -0.2) is 0 Å². The zero-order valence-corrected chi connectivity index (χ0v) is 12.8. The topological polar surface area (TPSA) is 55.2 Å². The van der Waals surface area contributed by atoms with Gasteiger partial charge in [-0.05, 0) is 41.4 Å². The van der Waals surface area contributed by atoms with Crippen LogP contribution >= 0.6 is 15.9 Å². The number of nitrogens with one attached hydrogen (secondary N) is 1. The van der Waals surface area contributed by atoms with E-state index in [1.165, 1.54) is 6.07 Å². The lowest BCUT2D eigenvalue weighted by molar-refractivity contribution is -0.385. The van der Waals surface area contributed by atoms with Gasteiger partial charge in [-0.1, -0.05) is 30.3 Å². The molecule has 0 saturated heterocycles. The Morgan fingerprint density at radius 2 is 1.90 bits per heavy atom. The normalized spacial score (nSPS) is 11.9. The number of halogens is 1. The molecule has 4 nitrogen and oxygen atoms in total. The van der Waals surface area contributed by atoms with Gasteiger partial charge >= 0.3 is 0 Å². The van der Waals surface area contributed by atoms with E-state index in [9.17, 15) is 10.1 Å². The van der Waals surface area contributed by atoms with E-state index in [1.54, 1.807) is 13.0 Å². The van der Waals surface area contributed by atoms with E-state index in [0.717, 1.165) is 11.3 Å². The van der Waals surface area contributed by atoms with Crippen molar-refractivity contribution in [2.24, 2.45) is 0 Å². The van der Waals surface area contributed by atoms with Gasteiger partial charge in [-0.2, -0.15) is 0 Å². The average Bonchev–Trinajstić information content (AvgIpc) is 2.43. The molecule has 0 amide bonds. The Morgan fingerprint density at radius 1 is 1.25 bits per heavy atom. The van der Waals surface area contributed by atoms with Gasteiger partial charge in [0.2, 0.25) is 0 Å². The lowest BCUT2D eigenvalue weighted by atomic mass is 10.1. The molecule has 0 heterocycles. The maximum Gasteiger partial charge on any atom is 0.273 e. The second-order valence-corrected chi connectivity index (χ2v) is 5.51. The van der Waals surface area contributed by atoms with E-state index in [-0.39, 0.29) is 16.7 Å². The van der Waals surface area contributed by atoms with Crippen molar-refractivity contribution in [3.05, 3.63) is 68.2 Å². The van der Waals surface area contributed by atoms with Crippen LogP contribution in [0.2, 0.25) is 0 Å². The minimum Gasteiger partial charge on any atom is -0.378 e. The van der Waals surface area contributed by atoms with Crippen LogP contribution in [0.1, 0.15) is 24.1 Å². The van der Waals surface area contributed by atoms with Gasteiger partial charge in [-0.15, -0.1) is 0 Å². The van der Waals surface area contributed by atoms with E-state index >= 15 is 0 Å². The number of nitro benzene ring substituents is 1. The van der Waals surface area contributed by atoms with E-state index in [4.69, 9.17) is 0 Å². The summed E-state index contributed by atoms with van der Waals surface area (Å²) in [6.45, 7) is 3.79. The van der Waals surface area contributed by atoms with Crippen LogP contribution in [0.25, 0.3) is 0 Å². The molecule has 1 atom stereocenters. The van der Waals surface area contributed by atoms with Crippen molar-refractivity contribution in [3.8, 4) is 0 Å². The van der Waals surface area contributed by atoms with Crippen molar-refractivity contribution in [1.29, 1.82) is 0 Å². The number of aryl methyl sites for hydroxylation is 1. The quantitative estimate of drug-likeness (QED) is 0.642. The molecular weight excluding hydrogens is 320 g/mol. The van der Waals surface area contributed by atoms with Gasteiger partial charge in [0.25, 0.3) is 5.69 Å². The zero-order valence-electron chi connectivity index (χ0n) is 11.3. The van der Waals surface area contributed by atoms with Gasteiger partial charge in [0.05, 0.1) is 4.92 Å².